The lowest BCUT2D eigenvalue weighted by Gasteiger charge is -2.31. The van der Waals surface area contributed by atoms with Crippen molar-refractivity contribution in [2.75, 3.05) is 36.4 Å². The number of hydrogen-bond donors (Lipinski definition) is 2. The van der Waals surface area contributed by atoms with E-state index in [1.807, 2.05) is 41.3 Å². The van der Waals surface area contributed by atoms with E-state index >= 15 is 0 Å². The highest BCUT2D eigenvalue weighted by molar-refractivity contribution is 7.18. The predicted octanol–water partition coefficient (Wildman–Crippen LogP) is 4.24. The third-order valence-electron chi connectivity index (χ3n) is 5.71. The molecule has 4 amide bonds. The van der Waals surface area contributed by atoms with Gasteiger partial charge in [0, 0.05) is 43.5 Å². The molecule has 7 nitrogen and oxygen atoms in total. The molecule has 5 rings (SSSR count). The lowest BCUT2D eigenvalue weighted by Crippen LogP contribution is -2.40. The Kier molecular flexibility index (Phi) is 5.00. The molecule has 0 unspecified atom stereocenters. The van der Waals surface area contributed by atoms with Crippen LogP contribution in [-0.4, -0.2) is 48.1 Å². The normalized spacial score (nSPS) is 17.4. The van der Waals surface area contributed by atoms with E-state index < -0.39 is 0 Å². The number of benzene rings is 2. The molecule has 0 bridgehead atoms. The van der Waals surface area contributed by atoms with Crippen LogP contribution in [0.3, 0.4) is 0 Å². The van der Waals surface area contributed by atoms with Gasteiger partial charge in [0.15, 0.2) is 0 Å². The number of carbonyl (C=O) groups is 2. The first kappa shape index (κ1) is 18.9. The van der Waals surface area contributed by atoms with Gasteiger partial charge in [0.2, 0.25) is 0 Å². The van der Waals surface area contributed by atoms with E-state index in [0.29, 0.717) is 37.8 Å². The Balaban J connectivity index is 1.20. The number of hydrogen-bond acceptors (Lipinski definition) is 4. The van der Waals surface area contributed by atoms with Crippen molar-refractivity contribution in [3.8, 4) is 0 Å². The zero-order chi connectivity index (χ0) is 20.5. The van der Waals surface area contributed by atoms with E-state index in [1.54, 1.807) is 16.2 Å². The van der Waals surface area contributed by atoms with Crippen LogP contribution in [0.15, 0.2) is 48.5 Å². The Bertz CT molecular complexity index is 1060. The molecule has 0 saturated carbocycles. The van der Waals surface area contributed by atoms with Crippen molar-refractivity contribution in [2.45, 2.75) is 18.8 Å². The van der Waals surface area contributed by atoms with Crippen molar-refractivity contribution < 1.29 is 9.59 Å². The second kappa shape index (κ2) is 7.95. The maximum absolute atomic E-state index is 12.8. The number of amides is 4. The number of carbonyl (C=O) groups excluding carboxylic acids is 2. The van der Waals surface area contributed by atoms with E-state index in [0.717, 1.165) is 24.0 Å². The number of piperidine rings is 1. The van der Waals surface area contributed by atoms with E-state index in [4.69, 9.17) is 4.98 Å². The number of thiazole rings is 1. The van der Waals surface area contributed by atoms with Gasteiger partial charge in [-0.05, 0) is 43.2 Å². The largest absolute Gasteiger partial charge is 0.336 e. The number of para-hydroxylation sites is 1. The molecule has 30 heavy (non-hydrogen) atoms. The van der Waals surface area contributed by atoms with Crippen molar-refractivity contribution in [1.29, 1.82) is 0 Å². The minimum Gasteiger partial charge on any atom is -0.336 e. The predicted molar refractivity (Wildman–Crippen MR) is 119 cm³/mol. The number of fused-ring (bicyclic) bond motifs is 1. The number of nitrogens with zero attached hydrogens (tertiary/aromatic N) is 3. The van der Waals surface area contributed by atoms with Gasteiger partial charge in [-0.25, -0.2) is 14.6 Å². The number of nitrogens with one attached hydrogen (secondary N) is 2. The Labute approximate surface area is 178 Å². The minimum absolute atomic E-state index is 0.0965. The molecular formula is C22H23N5O2S. The minimum atomic E-state index is -0.101. The summed E-state index contributed by atoms with van der Waals surface area (Å²) in [6, 6.07) is 15.5. The van der Waals surface area contributed by atoms with E-state index in [1.165, 1.54) is 9.71 Å². The van der Waals surface area contributed by atoms with Crippen LogP contribution in [0.5, 0.6) is 0 Å². The van der Waals surface area contributed by atoms with Gasteiger partial charge in [0.05, 0.1) is 15.2 Å². The fourth-order valence-electron chi connectivity index (χ4n) is 4.07. The molecule has 0 aliphatic carbocycles. The van der Waals surface area contributed by atoms with Gasteiger partial charge in [0.1, 0.15) is 0 Å². The molecule has 0 atom stereocenters. The van der Waals surface area contributed by atoms with Gasteiger partial charge < -0.3 is 15.5 Å². The maximum atomic E-state index is 12.8. The smallest absolute Gasteiger partial charge is 0.321 e. The topological polar surface area (TPSA) is 77.6 Å². The average Bonchev–Trinajstić information content (AvgIpc) is 3.40. The second-order valence-corrected chi connectivity index (χ2v) is 8.71. The quantitative estimate of drug-likeness (QED) is 0.664. The van der Waals surface area contributed by atoms with E-state index in [2.05, 4.69) is 22.8 Å². The van der Waals surface area contributed by atoms with Gasteiger partial charge >= 0.3 is 12.1 Å². The zero-order valence-corrected chi connectivity index (χ0v) is 17.3. The molecule has 3 heterocycles. The molecular weight excluding hydrogens is 398 g/mol. The van der Waals surface area contributed by atoms with Gasteiger partial charge in [-0.3, -0.25) is 4.90 Å². The average molecular weight is 422 g/mol. The highest BCUT2D eigenvalue weighted by atomic mass is 32.1. The number of rotatable bonds is 3. The fourth-order valence-corrected chi connectivity index (χ4v) is 5.20. The second-order valence-electron chi connectivity index (χ2n) is 7.65. The monoisotopic (exact) mass is 421 g/mol. The van der Waals surface area contributed by atoms with Gasteiger partial charge in [-0.15, -0.1) is 11.3 Å². The highest BCUT2D eigenvalue weighted by Crippen LogP contribution is 2.34. The summed E-state index contributed by atoms with van der Waals surface area (Å²) >= 11 is 1.76. The molecule has 0 spiro atoms. The summed E-state index contributed by atoms with van der Waals surface area (Å²) in [6.07, 6.45) is 1.84. The van der Waals surface area contributed by atoms with Gasteiger partial charge in [-0.1, -0.05) is 18.2 Å². The first-order valence-electron chi connectivity index (χ1n) is 10.2. The summed E-state index contributed by atoms with van der Waals surface area (Å²) < 4.78 is 1.22. The Morgan fingerprint density at radius 2 is 1.93 bits per heavy atom. The Hall–Kier alpha value is -3.13. The van der Waals surface area contributed by atoms with Crippen molar-refractivity contribution in [3.63, 3.8) is 0 Å². The first-order valence-corrected chi connectivity index (χ1v) is 11.1. The third-order valence-corrected chi connectivity index (χ3v) is 6.91. The molecule has 2 N–H and O–H groups in total. The molecule has 2 aliphatic rings. The number of likely N-dealkylation sites (tertiary alicyclic amines) is 1. The maximum Gasteiger partial charge on any atom is 0.321 e. The van der Waals surface area contributed by atoms with Crippen molar-refractivity contribution in [1.82, 2.24) is 15.2 Å². The number of aromatic nitrogens is 1. The molecule has 154 valence electrons. The summed E-state index contributed by atoms with van der Waals surface area (Å²) in [5.74, 6) is 0.406. The first-order chi connectivity index (χ1) is 14.7. The van der Waals surface area contributed by atoms with Crippen molar-refractivity contribution in [3.05, 3.63) is 53.5 Å². The summed E-state index contributed by atoms with van der Waals surface area (Å²) in [7, 11) is 0. The lowest BCUT2D eigenvalue weighted by molar-refractivity contribution is 0.194. The molecule has 3 aromatic rings. The molecule has 2 saturated heterocycles. The van der Waals surface area contributed by atoms with Crippen LogP contribution in [-0.2, 0) is 0 Å². The third kappa shape index (κ3) is 3.70. The number of urea groups is 2. The van der Waals surface area contributed by atoms with Crippen LogP contribution < -0.4 is 15.5 Å². The van der Waals surface area contributed by atoms with Crippen LogP contribution in [0.1, 0.15) is 23.8 Å². The van der Waals surface area contributed by atoms with Crippen molar-refractivity contribution in [2.24, 2.45) is 0 Å². The van der Waals surface area contributed by atoms with Crippen LogP contribution in [0.2, 0.25) is 0 Å². The SMILES string of the molecule is O=C(Nc1cccc(N2CCNC2=O)c1)N1CCC(c2nc3ccccc3s2)CC1. The molecule has 2 aliphatic heterocycles. The van der Waals surface area contributed by atoms with Gasteiger partial charge in [-0.2, -0.15) is 0 Å². The summed E-state index contributed by atoms with van der Waals surface area (Å²) in [4.78, 5) is 33.0. The fraction of sp³-hybridized carbons (Fsp3) is 0.318. The molecule has 8 heteroatoms. The Morgan fingerprint density at radius 3 is 2.70 bits per heavy atom. The molecule has 2 fully saturated rings. The van der Waals surface area contributed by atoms with Gasteiger partial charge in [0.25, 0.3) is 0 Å². The van der Waals surface area contributed by atoms with Crippen LogP contribution in [0, 0.1) is 0 Å². The van der Waals surface area contributed by atoms with Crippen LogP contribution in [0.25, 0.3) is 10.2 Å². The highest BCUT2D eigenvalue weighted by Gasteiger charge is 2.26. The summed E-state index contributed by atoms with van der Waals surface area (Å²) in [6.45, 7) is 2.69. The van der Waals surface area contributed by atoms with Crippen LogP contribution in [0.4, 0.5) is 21.0 Å². The molecule has 2 aromatic carbocycles. The number of anilines is 2. The van der Waals surface area contributed by atoms with Crippen molar-refractivity contribution >= 4 is 45.0 Å². The zero-order valence-electron chi connectivity index (χ0n) is 16.5. The summed E-state index contributed by atoms with van der Waals surface area (Å²) in [5.41, 5.74) is 2.55. The lowest BCUT2D eigenvalue weighted by atomic mass is 9.98. The Morgan fingerprint density at radius 1 is 1.10 bits per heavy atom. The summed E-state index contributed by atoms with van der Waals surface area (Å²) in [5, 5.41) is 6.95. The molecule has 1 aromatic heterocycles. The standard InChI is InChI=1S/C22H23N5O2S/c28-21-23-10-13-27(21)17-5-3-4-16(14-17)24-22(29)26-11-8-15(9-12-26)20-25-18-6-1-2-7-19(18)30-20/h1-7,14-15H,8-13H2,(H,23,28)(H,24,29). The molecule has 0 radical (unpaired) electrons. The van der Waals surface area contributed by atoms with E-state index in [9.17, 15) is 9.59 Å². The van der Waals surface area contributed by atoms with Crippen LogP contribution >= 0.6 is 11.3 Å². The van der Waals surface area contributed by atoms with E-state index in [-0.39, 0.29) is 12.1 Å².